The number of ether oxygens (including phenoxy) is 2. The molecule has 0 saturated heterocycles. The summed E-state index contributed by atoms with van der Waals surface area (Å²) in [5.74, 6) is 2.07. The molecule has 0 fully saturated rings. The fraction of sp³-hybridized carbons (Fsp3) is 0.379. The molecule has 192 valence electrons. The Morgan fingerprint density at radius 2 is 1.61 bits per heavy atom. The zero-order valence-corrected chi connectivity index (χ0v) is 21.6. The van der Waals surface area contributed by atoms with Gasteiger partial charge in [0.15, 0.2) is 11.5 Å². The maximum absolute atomic E-state index is 13.5. The third-order valence-corrected chi connectivity index (χ3v) is 5.86. The van der Waals surface area contributed by atoms with E-state index in [0.29, 0.717) is 43.3 Å². The molecule has 36 heavy (non-hydrogen) atoms. The molecule has 0 aliphatic carbocycles. The minimum absolute atomic E-state index is 0.0243. The number of amides is 2. The second-order valence-electron chi connectivity index (χ2n) is 9.16. The highest BCUT2D eigenvalue weighted by Gasteiger charge is 2.23. The standard InChI is InChI=1S/C29H36N2O5/c1-22(2)19-31(28(32)18-23-9-6-5-7-10-23)21-29(33)30(20-25-11-8-16-36-25)15-14-24-12-13-26(34-3)27(17-24)35-4/h5-13,16-17,22H,14-15,18-21H2,1-4H3. The van der Waals surface area contributed by atoms with Gasteiger partial charge in [-0.2, -0.15) is 0 Å². The van der Waals surface area contributed by atoms with Crippen molar-refractivity contribution in [2.45, 2.75) is 33.2 Å². The molecule has 7 nitrogen and oxygen atoms in total. The molecule has 0 unspecified atom stereocenters. The van der Waals surface area contributed by atoms with Crippen molar-refractivity contribution >= 4 is 11.8 Å². The zero-order valence-electron chi connectivity index (χ0n) is 21.6. The summed E-state index contributed by atoms with van der Waals surface area (Å²) < 4.78 is 16.3. The second kappa shape index (κ2) is 13.4. The smallest absolute Gasteiger partial charge is 0.242 e. The Balaban J connectivity index is 1.73. The van der Waals surface area contributed by atoms with E-state index in [2.05, 4.69) is 0 Å². The lowest BCUT2D eigenvalue weighted by molar-refractivity contribution is -0.141. The summed E-state index contributed by atoms with van der Waals surface area (Å²) in [4.78, 5) is 30.1. The highest BCUT2D eigenvalue weighted by Crippen LogP contribution is 2.27. The van der Waals surface area contributed by atoms with Crippen molar-refractivity contribution in [3.05, 3.63) is 83.8 Å². The van der Waals surface area contributed by atoms with E-state index in [4.69, 9.17) is 13.9 Å². The molecule has 0 aliphatic heterocycles. The van der Waals surface area contributed by atoms with Crippen molar-refractivity contribution in [1.82, 2.24) is 9.80 Å². The lowest BCUT2D eigenvalue weighted by Crippen LogP contribution is -2.45. The van der Waals surface area contributed by atoms with E-state index in [1.165, 1.54) is 0 Å². The molecule has 1 heterocycles. The normalized spacial score (nSPS) is 10.8. The van der Waals surface area contributed by atoms with Crippen LogP contribution in [-0.4, -0.2) is 55.5 Å². The molecular formula is C29H36N2O5. The Morgan fingerprint density at radius 3 is 2.25 bits per heavy atom. The molecule has 0 spiro atoms. The number of furan rings is 1. The number of carbonyl (C=O) groups excluding carboxylic acids is 2. The SMILES string of the molecule is COc1ccc(CCN(Cc2ccco2)C(=O)CN(CC(C)C)C(=O)Cc2ccccc2)cc1OC. The molecule has 2 aromatic carbocycles. The number of hydrogen-bond donors (Lipinski definition) is 0. The van der Waals surface area contributed by atoms with Crippen molar-refractivity contribution in [2.24, 2.45) is 5.92 Å². The molecule has 0 atom stereocenters. The molecule has 0 radical (unpaired) electrons. The van der Waals surface area contributed by atoms with Crippen LogP contribution in [0.5, 0.6) is 11.5 Å². The summed E-state index contributed by atoms with van der Waals surface area (Å²) in [6.07, 6.45) is 2.49. The van der Waals surface area contributed by atoms with Crippen LogP contribution in [0.15, 0.2) is 71.3 Å². The van der Waals surface area contributed by atoms with Gasteiger partial charge in [-0.25, -0.2) is 0 Å². The monoisotopic (exact) mass is 492 g/mol. The van der Waals surface area contributed by atoms with E-state index in [0.717, 1.165) is 11.1 Å². The average Bonchev–Trinajstić information content (AvgIpc) is 3.39. The molecule has 3 rings (SSSR count). The molecule has 0 bridgehead atoms. The van der Waals surface area contributed by atoms with Crippen molar-refractivity contribution in [1.29, 1.82) is 0 Å². The minimum atomic E-state index is -0.117. The van der Waals surface area contributed by atoms with Crippen molar-refractivity contribution in [3.8, 4) is 11.5 Å². The van der Waals surface area contributed by atoms with E-state index >= 15 is 0 Å². The lowest BCUT2D eigenvalue weighted by Gasteiger charge is -2.28. The number of rotatable bonds is 13. The highest BCUT2D eigenvalue weighted by molar-refractivity contribution is 5.86. The van der Waals surface area contributed by atoms with Crippen LogP contribution < -0.4 is 9.47 Å². The molecule has 1 aromatic heterocycles. The van der Waals surface area contributed by atoms with E-state index in [1.807, 2.05) is 68.4 Å². The second-order valence-corrected chi connectivity index (χ2v) is 9.16. The van der Waals surface area contributed by atoms with Crippen LogP contribution in [-0.2, 0) is 29.0 Å². The topological polar surface area (TPSA) is 72.2 Å². The van der Waals surface area contributed by atoms with E-state index in [9.17, 15) is 9.59 Å². The largest absolute Gasteiger partial charge is 0.493 e. The van der Waals surface area contributed by atoms with Gasteiger partial charge in [0, 0.05) is 13.1 Å². The van der Waals surface area contributed by atoms with Gasteiger partial charge in [0.05, 0.1) is 40.0 Å². The Morgan fingerprint density at radius 1 is 0.861 bits per heavy atom. The Hall–Kier alpha value is -3.74. The summed E-state index contributed by atoms with van der Waals surface area (Å²) in [7, 11) is 3.20. The predicted molar refractivity (Wildman–Crippen MR) is 139 cm³/mol. The van der Waals surface area contributed by atoms with Crippen molar-refractivity contribution < 1.29 is 23.5 Å². The molecule has 0 saturated carbocycles. The van der Waals surface area contributed by atoms with Gasteiger partial charge in [-0.1, -0.05) is 50.2 Å². The van der Waals surface area contributed by atoms with Gasteiger partial charge in [-0.15, -0.1) is 0 Å². The van der Waals surface area contributed by atoms with E-state index in [-0.39, 0.29) is 30.7 Å². The van der Waals surface area contributed by atoms with Gasteiger partial charge >= 0.3 is 0 Å². The fourth-order valence-electron chi connectivity index (χ4n) is 4.02. The number of nitrogens with zero attached hydrogens (tertiary/aromatic N) is 2. The lowest BCUT2D eigenvalue weighted by atomic mass is 10.1. The number of methoxy groups -OCH3 is 2. The first-order chi connectivity index (χ1) is 17.4. The number of carbonyl (C=O) groups is 2. The summed E-state index contributed by atoms with van der Waals surface area (Å²) in [5.41, 5.74) is 1.95. The molecular weight excluding hydrogens is 456 g/mol. The van der Waals surface area contributed by atoms with Gasteiger partial charge in [0.2, 0.25) is 11.8 Å². The van der Waals surface area contributed by atoms with E-state index in [1.54, 1.807) is 36.3 Å². The van der Waals surface area contributed by atoms with Crippen molar-refractivity contribution in [2.75, 3.05) is 33.9 Å². The first-order valence-electron chi connectivity index (χ1n) is 12.2. The molecule has 2 amide bonds. The van der Waals surface area contributed by atoms with Crippen LogP contribution in [0, 0.1) is 5.92 Å². The van der Waals surface area contributed by atoms with Crippen LogP contribution >= 0.6 is 0 Å². The maximum Gasteiger partial charge on any atom is 0.242 e. The van der Waals surface area contributed by atoms with Crippen LogP contribution in [0.25, 0.3) is 0 Å². The quantitative estimate of drug-likeness (QED) is 0.349. The summed E-state index contributed by atoms with van der Waals surface area (Å²) in [6, 6.07) is 19.0. The molecule has 7 heteroatoms. The molecule has 3 aromatic rings. The third-order valence-electron chi connectivity index (χ3n) is 5.86. The number of hydrogen-bond acceptors (Lipinski definition) is 5. The summed E-state index contributed by atoms with van der Waals surface area (Å²) in [5, 5.41) is 0. The Labute approximate surface area is 213 Å². The molecule has 0 aliphatic rings. The summed E-state index contributed by atoms with van der Waals surface area (Å²) >= 11 is 0. The van der Waals surface area contributed by atoms with Crippen LogP contribution in [0.1, 0.15) is 30.7 Å². The van der Waals surface area contributed by atoms with E-state index < -0.39 is 0 Å². The third kappa shape index (κ3) is 7.90. The van der Waals surface area contributed by atoms with Crippen LogP contribution in [0.2, 0.25) is 0 Å². The van der Waals surface area contributed by atoms with Gasteiger partial charge in [-0.3, -0.25) is 9.59 Å². The summed E-state index contributed by atoms with van der Waals surface area (Å²) in [6.45, 7) is 5.44. The maximum atomic E-state index is 13.5. The fourth-order valence-corrected chi connectivity index (χ4v) is 4.02. The highest BCUT2D eigenvalue weighted by atomic mass is 16.5. The van der Waals surface area contributed by atoms with Gasteiger partial charge in [-0.05, 0) is 47.7 Å². The minimum Gasteiger partial charge on any atom is -0.493 e. The van der Waals surface area contributed by atoms with Gasteiger partial charge < -0.3 is 23.7 Å². The first kappa shape index (κ1) is 26.9. The van der Waals surface area contributed by atoms with Crippen molar-refractivity contribution in [3.63, 3.8) is 0 Å². The zero-order chi connectivity index (χ0) is 25.9. The average molecular weight is 493 g/mol. The predicted octanol–water partition coefficient (Wildman–Crippen LogP) is 4.60. The Bertz CT molecular complexity index is 1100. The number of benzene rings is 2. The Kier molecular flexibility index (Phi) is 9.98. The van der Waals surface area contributed by atoms with Crippen LogP contribution in [0.3, 0.4) is 0 Å². The van der Waals surface area contributed by atoms with Gasteiger partial charge in [0.25, 0.3) is 0 Å². The molecule has 0 N–H and O–H groups in total. The van der Waals surface area contributed by atoms with Gasteiger partial charge in [0.1, 0.15) is 5.76 Å². The first-order valence-corrected chi connectivity index (χ1v) is 12.2. The van der Waals surface area contributed by atoms with Crippen LogP contribution in [0.4, 0.5) is 0 Å².